The third-order valence-corrected chi connectivity index (χ3v) is 5.77. The average molecular weight is 484 g/mol. The number of nitrogens with zero attached hydrogens (tertiary/aromatic N) is 1. The number of methoxy groups -OCH3 is 2. The molecule has 35 heavy (non-hydrogen) atoms. The second-order valence-corrected chi connectivity index (χ2v) is 8.05. The Morgan fingerprint density at radius 3 is 2.34 bits per heavy atom. The molecule has 1 amide bonds. The van der Waals surface area contributed by atoms with E-state index in [4.69, 9.17) is 18.9 Å². The minimum absolute atomic E-state index is 0.0111. The summed E-state index contributed by atoms with van der Waals surface area (Å²) in [6.07, 6.45) is 1.97. The summed E-state index contributed by atoms with van der Waals surface area (Å²) in [5.41, 5.74) is 1.04. The predicted octanol–water partition coefficient (Wildman–Crippen LogP) is 4.34. The van der Waals surface area contributed by atoms with E-state index in [1.807, 2.05) is 6.92 Å². The Balaban J connectivity index is 2.05. The van der Waals surface area contributed by atoms with E-state index >= 15 is 0 Å². The molecule has 0 saturated carbocycles. The Morgan fingerprint density at radius 1 is 0.971 bits per heavy atom. The maximum Gasteiger partial charge on any atom is 0.295 e. The first-order valence-electron chi connectivity index (χ1n) is 11.8. The quantitative estimate of drug-likeness (QED) is 0.208. The summed E-state index contributed by atoms with van der Waals surface area (Å²) in [7, 11) is 3.04. The van der Waals surface area contributed by atoms with Crippen molar-refractivity contribution in [1.82, 2.24) is 4.90 Å². The molecular weight excluding hydrogens is 450 g/mol. The summed E-state index contributed by atoms with van der Waals surface area (Å²) >= 11 is 0. The highest BCUT2D eigenvalue weighted by Gasteiger charge is 2.46. The number of Topliss-reactive ketones (excluding diaryl/α,β-unsaturated/α-hetero) is 1. The van der Waals surface area contributed by atoms with Gasteiger partial charge < -0.3 is 29.0 Å². The Morgan fingerprint density at radius 2 is 1.71 bits per heavy atom. The van der Waals surface area contributed by atoms with Crippen LogP contribution in [0.15, 0.2) is 48.0 Å². The van der Waals surface area contributed by atoms with Crippen molar-refractivity contribution in [3.05, 3.63) is 59.2 Å². The average Bonchev–Trinajstić information content (AvgIpc) is 3.13. The van der Waals surface area contributed by atoms with Crippen LogP contribution in [0.25, 0.3) is 5.76 Å². The zero-order valence-corrected chi connectivity index (χ0v) is 20.7. The van der Waals surface area contributed by atoms with Gasteiger partial charge in [-0.15, -0.1) is 0 Å². The van der Waals surface area contributed by atoms with Crippen molar-refractivity contribution in [3.8, 4) is 17.2 Å². The molecule has 1 N–H and O–H groups in total. The number of ketones is 1. The second-order valence-electron chi connectivity index (χ2n) is 8.05. The van der Waals surface area contributed by atoms with E-state index in [2.05, 4.69) is 6.92 Å². The van der Waals surface area contributed by atoms with Crippen LogP contribution in [0, 0.1) is 0 Å². The molecule has 1 saturated heterocycles. The van der Waals surface area contributed by atoms with Crippen molar-refractivity contribution in [2.45, 2.75) is 32.7 Å². The number of likely N-dealkylation sites (tertiary alicyclic amines) is 1. The third-order valence-electron chi connectivity index (χ3n) is 5.77. The Bertz CT molecular complexity index is 1060. The van der Waals surface area contributed by atoms with E-state index in [0.29, 0.717) is 41.6 Å². The summed E-state index contributed by atoms with van der Waals surface area (Å²) in [4.78, 5) is 27.5. The fraction of sp³-hybridized carbons (Fsp3) is 0.407. The fourth-order valence-electron chi connectivity index (χ4n) is 3.97. The van der Waals surface area contributed by atoms with Gasteiger partial charge in [0.1, 0.15) is 11.5 Å². The molecule has 1 unspecified atom stereocenters. The van der Waals surface area contributed by atoms with Crippen molar-refractivity contribution < 1.29 is 33.6 Å². The van der Waals surface area contributed by atoms with Gasteiger partial charge in [0.05, 0.1) is 38.5 Å². The van der Waals surface area contributed by atoms with Crippen LogP contribution in [-0.2, 0) is 14.3 Å². The zero-order valence-electron chi connectivity index (χ0n) is 20.7. The van der Waals surface area contributed by atoms with Crippen molar-refractivity contribution in [2.24, 2.45) is 0 Å². The van der Waals surface area contributed by atoms with Crippen LogP contribution >= 0.6 is 0 Å². The molecule has 1 aliphatic rings. The maximum absolute atomic E-state index is 13.1. The number of unbranched alkanes of at least 4 members (excludes halogenated alkanes) is 1. The lowest BCUT2D eigenvalue weighted by Gasteiger charge is -2.25. The number of hydrogen-bond acceptors (Lipinski definition) is 7. The normalized spacial score (nSPS) is 17.0. The highest BCUT2D eigenvalue weighted by molar-refractivity contribution is 6.46. The summed E-state index contributed by atoms with van der Waals surface area (Å²) in [6, 6.07) is 11.2. The molecule has 0 aromatic heterocycles. The van der Waals surface area contributed by atoms with Crippen molar-refractivity contribution in [3.63, 3.8) is 0 Å². The monoisotopic (exact) mass is 483 g/mol. The Labute approximate surface area is 206 Å². The van der Waals surface area contributed by atoms with Crippen LogP contribution in [-0.4, -0.2) is 62.3 Å². The highest BCUT2D eigenvalue weighted by Crippen LogP contribution is 2.42. The van der Waals surface area contributed by atoms with Gasteiger partial charge >= 0.3 is 0 Å². The molecule has 1 heterocycles. The summed E-state index contributed by atoms with van der Waals surface area (Å²) in [5, 5.41) is 11.2. The smallest absolute Gasteiger partial charge is 0.295 e. The number of hydrogen-bond donors (Lipinski definition) is 1. The SMILES string of the molecule is CCCCOc1ccc(/C(O)=C2\C(=O)C(=O)N(CCOC)C2c2ccc(OCC)c(OC)c2)cc1. The lowest BCUT2D eigenvalue weighted by molar-refractivity contribution is -0.140. The van der Waals surface area contributed by atoms with Crippen molar-refractivity contribution >= 4 is 17.4 Å². The maximum atomic E-state index is 13.1. The molecule has 3 rings (SSSR count). The van der Waals surface area contributed by atoms with E-state index < -0.39 is 17.7 Å². The third kappa shape index (κ3) is 5.77. The first kappa shape index (κ1) is 26.1. The first-order chi connectivity index (χ1) is 17.0. The van der Waals surface area contributed by atoms with Gasteiger partial charge in [0.25, 0.3) is 11.7 Å². The molecule has 2 aromatic carbocycles. The minimum Gasteiger partial charge on any atom is -0.507 e. The van der Waals surface area contributed by atoms with Crippen LogP contribution in [0.3, 0.4) is 0 Å². The molecule has 188 valence electrons. The summed E-state index contributed by atoms with van der Waals surface area (Å²) in [5.74, 6) is -0.00761. The molecule has 0 aliphatic carbocycles. The number of benzene rings is 2. The van der Waals surface area contributed by atoms with Crippen molar-refractivity contribution in [1.29, 1.82) is 0 Å². The summed E-state index contributed by atoms with van der Waals surface area (Å²) < 4.78 is 21.9. The lowest BCUT2D eigenvalue weighted by Crippen LogP contribution is -2.32. The van der Waals surface area contributed by atoms with Gasteiger partial charge in [-0.05, 0) is 55.3 Å². The molecule has 2 aromatic rings. The van der Waals surface area contributed by atoms with E-state index in [1.54, 1.807) is 42.5 Å². The molecule has 8 nitrogen and oxygen atoms in total. The zero-order chi connectivity index (χ0) is 25.4. The number of carbonyl (C=O) groups is 2. The van der Waals surface area contributed by atoms with E-state index in [-0.39, 0.29) is 24.5 Å². The van der Waals surface area contributed by atoms with Crippen LogP contribution in [0.4, 0.5) is 0 Å². The minimum atomic E-state index is -0.810. The molecular formula is C27H33NO7. The molecule has 8 heteroatoms. The summed E-state index contributed by atoms with van der Waals surface area (Å²) in [6.45, 7) is 5.44. The number of carbonyl (C=O) groups excluding carboxylic acids is 2. The van der Waals surface area contributed by atoms with Crippen LogP contribution in [0.1, 0.15) is 43.9 Å². The number of ether oxygens (including phenoxy) is 4. The fourth-order valence-corrected chi connectivity index (χ4v) is 3.97. The molecule has 1 fully saturated rings. The largest absolute Gasteiger partial charge is 0.507 e. The topological polar surface area (TPSA) is 94.5 Å². The Hall–Kier alpha value is -3.52. The van der Waals surface area contributed by atoms with Gasteiger partial charge in [-0.1, -0.05) is 19.4 Å². The number of amides is 1. The molecule has 0 spiro atoms. The van der Waals surface area contributed by atoms with Gasteiger partial charge in [0.2, 0.25) is 0 Å². The number of rotatable bonds is 12. The van der Waals surface area contributed by atoms with E-state index in [0.717, 1.165) is 12.8 Å². The number of aliphatic hydroxyl groups is 1. The molecule has 0 radical (unpaired) electrons. The highest BCUT2D eigenvalue weighted by atomic mass is 16.5. The van der Waals surface area contributed by atoms with Gasteiger partial charge in [-0.25, -0.2) is 0 Å². The van der Waals surface area contributed by atoms with E-state index in [9.17, 15) is 14.7 Å². The molecule has 1 aliphatic heterocycles. The van der Waals surface area contributed by atoms with Gasteiger partial charge in [-0.3, -0.25) is 9.59 Å². The first-order valence-corrected chi connectivity index (χ1v) is 11.8. The lowest BCUT2D eigenvalue weighted by atomic mass is 9.95. The predicted molar refractivity (Wildman–Crippen MR) is 132 cm³/mol. The van der Waals surface area contributed by atoms with E-state index in [1.165, 1.54) is 19.1 Å². The van der Waals surface area contributed by atoms with Gasteiger partial charge in [0, 0.05) is 19.2 Å². The van der Waals surface area contributed by atoms with Crippen molar-refractivity contribution in [2.75, 3.05) is 40.6 Å². The molecule has 0 bridgehead atoms. The second kappa shape index (κ2) is 12.3. The standard InChI is InChI=1S/C27H33NO7/c1-5-7-15-35-20-11-8-18(9-12-20)25(29)23-24(28(14-16-32-3)27(31)26(23)30)19-10-13-21(34-6-2)22(17-19)33-4/h8-13,17,24,29H,5-7,14-16H2,1-4H3/b25-23+. The number of aliphatic hydroxyl groups excluding tert-OH is 1. The van der Waals surface area contributed by atoms with Crippen LogP contribution < -0.4 is 14.2 Å². The molecule has 1 atom stereocenters. The van der Waals surface area contributed by atoms with Crippen LogP contribution in [0.5, 0.6) is 17.2 Å². The Kier molecular flexibility index (Phi) is 9.14. The van der Waals surface area contributed by atoms with Gasteiger partial charge in [0.15, 0.2) is 11.5 Å². The van der Waals surface area contributed by atoms with Crippen LogP contribution in [0.2, 0.25) is 0 Å². The van der Waals surface area contributed by atoms with Gasteiger partial charge in [-0.2, -0.15) is 0 Å².